The number of nitrogens with zero attached hydrogens (tertiary/aromatic N) is 2. The maximum Gasteiger partial charge on any atom is 0.325 e. The van der Waals surface area contributed by atoms with Crippen molar-refractivity contribution in [2.24, 2.45) is 0 Å². The third-order valence-corrected chi connectivity index (χ3v) is 8.91. The van der Waals surface area contributed by atoms with Crippen molar-refractivity contribution >= 4 is 39.9 Å². The van der Waals surface area contributed by atoms with Crippen molar-refractivity contribution in [1.82, 2.24) is 20.6 Å². The summed E-state index contributed by atoms with van der Waals surface area (Å²) in [5.74, 6) is -1.54. The van der Waals surface area contributed by atoms with Gasteiger partial charge in [0.05, 0.1) is 4.88 Å². The molecule has 2 atom stereocenters. The molecule has 0 spiro atoms. The van der Waals surface area contributed by atoms with Gasteiger partial charge in [-0.1, -0.05) is 69.3 Å². The highest BCUT2D eigenvalue weighted by Crippen LogP contribution is 2.33. The van der Waals surface area contributed by atoms with Gasteiger partial charge in [-0.25, -0.2) is 9.97 Å². The fourth-order valence-corrected chi connectivity index (χ4v) is 5.75. The van der Waals surface area contributed by atoms with Gasteiger partial charge in [0.25, 0.3) is 5.91 Å². The predicted molar refractivity (Wildman–Crippen MR) is 175 cm³/mol. The van der Waals surface area contributed by atoms with Gasteiger partial charge in [-0.05, 0) is 52.9 Å². The summed E-state index contributed by atoms with van der Waals surface area (Å²) in [5, 5.41) is 27.1. The smallest absolute Gasteiger partial charge is 0.325 e. The van der Waals surface area contributed by atoms with Crippen molar-refractivity contribution in [2.45, 2.75) is 51.6 Å². The Labute approximate surface area is 265 Å². The van der Waals surface area contributed by atoms with Gasteiger partial charge >= 0.3 is 5.97 Å². The molecule has 0 aliphatic rings. The summed E-state index contributed by atoms with van der Waals surface area (Å²) < 4.78 is 0. The lowest BCUT2D eigenvalue weighted by atomic mass is 9.95. The summed E-state index contributed by atoms with van der Waals surface area (Å²) in [5.41, 5.74) is 2.68. The Balaban J connectivity index is 1.32. The number of nitrogens with one attached hydrogen (secondary N) is 2. The summed E-state index contributed by atoms with van der Waals surface area (Å²) >= 11 is 1.36. The second-order valence-corrected chi connectivity index (χ2v) is 13.0. The molecule has 0 bridgehead atoms. The number of carbonyl (C=O) groups is 3. The lowest BCUT2D eigenvalue weighted by Gasteiger charge is -2.20. The molecule has 0 unspecified atom stereocenters. The lowest BCUT2D eigenvalue weighted by molar-refractivity contribution is -0.141. The molecule has 0 saturated heterocycles. The zero-order chi connectivity index (χ0) is 32.3. The summed E-state index contributed by atoms with van der Waals surface area (Å²) in [4.78, 5) is 48.1. The van der Waals surface area contributed by atoms with E-state index in [1.165, 1.54) is 18.3 Å². The van der Waals surface area contributed by atoms with Gasteiger partial charge in [0.2, 0.25) is 5.91 Å². The normalized spacial score (nSPS) is 12.8. The van der Waals surface area contributed by atoms with Crippen LogP contribution >= 0.6 is 11.3 Å². The van der Waals surface area contributed by atoms with E-state index in [1.54, 1.807) is 24.5 Å². The van der Waals surface area contributed by atoms with Gasteiger partial charge in [0, 0.05) is 40.4 Å². The Morgan fingerprint density at radius 1 is 0.867 bits per heavy atom. The SMILES string of the molecule is C[C@@H](NC(=O)[C@H](Cc1ccc(-c2ncc(-c3cc4ccccc4cc3O)cn2)cc1)NC(=O)c1ccc(C(C)(C)C)s1)C(=O)O. The molecule has 45 heavy (non-hydrogen) atoms. The molecule has 2 aromatic heterocycles. The number of rotatable bonds is 9. The highest BCUT2D eigenvalue weighted by atomic mass is 32.1. The molecule has 2 heterocycles. The van der Waals surface area contributed by atoms with Gasteiger partial charge < -0.3 is 20.8 Å². The second-order valence-electron chi connectivity index (χ2n) is 11.9. The molecule has 4 N–H and O–H groups in total. The molecule has 0 aliphatic heterocycles. The number of phenolic OH excluding ortho intramolecular Hbond substituents is 1. The van der Waals surface area contributed by atoms with Crippen molar-refractivity contribution in [1.29, 1.82) is 0 Å². The summed E-state index contributed by atoms with van der Waals surface area (Å²) in [6, 6.07) is 20.2. The first-order chi connectivity index (χ1) is 21.4. The van der Waals surface area contributed by atoms with Crippen LogP contribution in [0.3, 0.4) is 0 Å². The highest BCUT2D eigenvalue weighted by molar-refractivity contribution is 7.14. The van der Waals surface area contributed by atoms with Crippen molar-refractivity contribution in [3.8, 4) is 28.3 Å². The molecule has 0 aliphatic carbocycles. The van der Waals surface area contributed by atoms with E-state index in [0.717, 1.165) is 26.8 Å². The molecule has 0 radical (unpaired) electrons. The average Bonchev–Trinajstić information content (AvgIpc) is 3.53. The number of carboxylic acids is 1. The van der Waals surface area contributed by atoms with E-state index >= 15 is 0 Å². The number of aliphatic carboxylic acids is 1. The first-order valence-corrected chi connectivity index (χ1v) is 15.3. The standard InChI is InChI=1S/C35H34N4O5S/c1-20(34(43)44)38-32(41)27(39-33(42)29-13-14-30(45-29)35(2,3)4)15-21-9-11-22(12-10-21)31-36-18-25(19-37-31)26-16-23-7-5-6-8-24(23)17-28(26)40/h5-14,16-20,27,40H,15H2,1-4H3,(H,38,41)(H,39,42)(H,43,44)/t20-,27+/m1/s1. The topological polar surface area (TPSA) is 142 Å². The van der Waals surface area contributed by atoms with Crippen LogP contribution in [0.1, 0.15) is 47.8 Å². The molecule has 5 aromatic rings. The van der Waals surface area contributed by atoms with Crippen LogP contribution in [0.4, 0.5) is 0 Å². The van der Waals surface area contributed by atoms with Crippen LogP contribution in [0.2, 0.25) is 0 Å². The van der Waals surface area contributed by atoms with E-state index in [0.29, 0.717) is 21.8 Å². The maximum absolute atomic E-state index is 13.1. The van der Waals surface area contributed by atoms with Crippen LogP contribution in [-0.4, -0.2) is 50.0 Å². The minimum Gasteiger partial charge on any atom is -0.507 e. The van der Waals surface area contributed by atoms with Crippen molar-refractivity contribution < 1.29 is 24.6 Å². The molecule has 9 nitrogen and oxygen atoms in total. The molecule has 2 amide bonds. The monoisotopic (exact) mass is 622 g/mol. The third kappa shape index (κ3) is 7.35. The molecule has 0 fully saturated rings. The van der Waals surface area contributed by atoms with Crippen LogP contribution in [0.15, 0.2) is 85.2 Å². The van der Waals surface area contributed by atoms with Gasteiger partial charge in [-0.15, -0.1) is 11.3 Å². The number of fused-ring (bicyclic) bond motifs is 1. The summed E-state index contributed by atoms with van der Waals surface area (Å²) in [6.45, 7) is 7.55. The number of aromatic hydroxyl groups is 1. The van der Waals surface area contributed by atoms with Gasteiger partial charge in [0.1, 0.15) is 17.8 Å². The number of amides is 2. The van der Waals surface area contributed by atoms with Crippen molar-refractivity contribution in [2.75, 3.05) is 0 Å². The highest BCUT2D eigenvalue weighted by Gasteiger charge is 2.26. The fourth-order valence-electron chi connectivity index (χ4n) is 4.78. The van der Waals surface area contributed by atoms with E-state index < -0.39 is 29.9 Å². The largest absolute Gasteiger partial charge is 0.507 e. The van der Waals surface area contributed by atoms with Crippen LogP contribution in [0, 0.1) is 0 Å². The van der Waals surface area contributed by atoms with E-state index in [9.17, 15) is 24.6 Å². The first kappa shape index (κ1) is 31.3. The summed E-state index contributed by atoms with van der Waals surface area (Å²) in [7, 11) is 0. The van der Waals surface area contributed by atoms with Crippen LogP contribution < -0.4 is 10.6 Å². The van der Waals surface area contributed by atoms with Gasteiger partial charge in [-0.2, -0.15) is 0 Å². The van der Waals surface area contributed by atoms with Crippen molar-refractivity contribution in [3.63, 3.8) is 0 Å². The number of hydrogen-bond acceptors (Lipinski definition) is 7. The Hall–Kier alpha value is -5.09. The number of aromatic nitrogens is 2. The zero-order valence-electron chi connectivity index (χ0n) is 25.4. The van der Waals surface area contributed by atoms with E-state index in [1.807, 2.05) is 60.7 Å². The molecule has 0 saturated carbocycles. The number of carbonyl (C=O) groups excluding carboxylic acids is 2. The Morgan fingerprint density at radius 2 is 1.51 bits per heavy atom. The van der Waals surface area contributed by atoms with Gasteiger partial charge in [0.15, 0.2) is 5.82 Å². The fraction of sp³-hybridized carbons (Fsp3) is 0.229. The molecule has 10 heteroatoms. The summed E-state index contributed by atoms with van der Waals surface area (Å²) in [6.07, 6.45) is 3.47. The Morgan fingerprint density at radius 3 is 2.11 bits per heavy atom. The lowest BCUT2D eigenvalue weighted by Crippen LogP contribution is -2.51. The quantitative estimate of drug-likeness (QED) is 0.159. The maximum atomic E-state index is 13.1. The van der Waals surface area contributed by atoms with Crippen LogP contribution in [0.25, 0.3) is 33.3 Å². The van der Waals surface area contributed by atoms with Gasteiger partial charge in [-0.3, -0.25) is 14.4 Å². The number of benzene rings is 3. The zero-order valence-corrected chi connectivity index (χ0v) is 26.2. The van der Waals surface area contributed by atoms with Crippen LogP contribution in [0.5, 0.6) is 5.75 Å². The minimum absolute atomic E-state index is 0.124. The number of carboxylic acid groups (broad SMARTS) is 1. The van der Waals surface area contributed by atoms with E-state index in [-0.39, 0.29) is 17.6 Å². The number of hydrogen-bond donors (Lipinski definition) is 4. The van der Waals surface area contributed by atoms with E-state index in [4.69, 9.17) is 0 Å². The molecular weight excluding hydrogens is 588 g/mol. The first-order valence-electron chi connectivity index (χ1n) is 14.5. The minimum atomic E-state index is -1.17. The Bertz CT molecular complexity index is 1860. The van der Waals surface area contributed by atoms with E-state index in [2.05, 4.69) is 41.4 Å². The third-order valence-electron chi connectivity index (χ3n) is 7.40. The second kappa shape index (κ2) is 12.9. The average molecular weight is 623 g/mol. The number of thiophene rings is 1. The predicted octanol–water partition coefficient (Wildman–Crippen LogP) is 5.96. The number of phenols is 1. The molecule has 230 valence electrons. The van der Waals surface area contributed by atoms with Crippen LogP contribution in [-0.2, 0) is 21.4 Å². The molecule has 5 rings (SSSR count). The van der Waals surface area contributed by atoms with Crippen molar-refractivity contribution in [3.05, 3.63) is 101 Å². The molecule has 3 aromatic carbocycles. The molecular formula is C35H34N4O5S. The Kier molecular flexibility index (Phi) is 8.96.